The average Bonchev–Trinajstić information content (AvgIpc) is 2.88. The summed E-state index contributed by atoms with van der Waals surface area (Å²) >= 11 is 7.87. The molecule has 4 nitrogen and oxygen atoms in total. The predicted octanol–water partition coefficient (Wildman–Crippen LogP) is 4.04. The van der Waals surface area contributed by atoms with Crippen LogP contribution in [0.5, 0.6) is 0 Å². The number of carbonyl (C=O) groups excluding carboxylic acids is 1. The summed E-state index contributed by atoms with van der Waals surface area (Å²) in [5.74, 6) is -0.184. The number of rotatable bonds is 5. The third kappa shape index (κ3) is 3.99. The lowest BCUT2D eigenvalue weighted by Crippen LogP contribution is -2.37. The maximum absolute atomic E-state index is 12.2. The summed E-state index contributed by atoms with van der Waals surface area (Å²) in [4.78, 5) is 12.2. The van der Waals surface area contributed by atoms with E-state index in [0.29, 0.717) is 14.4 Å². The minimum absolute atomic E-state index is 0.184. The van der Waals surface area contributed by atoms with Gasteiger partial charge in [-0.15, -0.1) is 0 Å². The van der Waals surface area contributed by atoms with Crippen molar-refractivity contribution in [3.8, 4) is 0 Å². The number of furan rings is 1. The molecule has 0 aliphatic heterocycles. The number of amides is 1. The monoisotopic (exact) mass is 419 g/mol. The van der Waals surface area contributed by atoms with Crippen molar-refractivity contribution >= 4 is 40.1 Å². The van der Waals surface area contributed by atoms with Crippen molar-refractivity contribution in [2.24, 2.45) is 0 Å². The van der Waals surface area contributed by atoms with Crippen molar-refractivity contribution in [2.75, 3.05) is 7.11 Å². The first-order chi connectivity index (χ1) is 10.0. The molecule has 1 aromatic heterocycles. The Balaban J connectivity index is 2.10. The van der Waals surface area contributed by atoms with E-state index < -0.39 is 0 Å². The largest absolute Gasteiger partial charge is 0.458 e. The van der Waals surface area contributed by atoms with E-state index >= 15 is 0 Å². The molecule has 0 radical (unpaired) electrons. The van der Waals surface area contributed by atoms with Gasteiger partial charge >= 0.3 is 0 Å². The Kier molecular flexibility index (Phi) is 5.66. The number of halogens is 2. The smallest absolute Gasteiger partial charge is 0.255 e. The molecule has 0 aliphatic rings. The normalized spacial score (nSPS) is 13.7. The molecule has 1 aromatic carbocycles. The molecule has 1 N–H and O–H groups in total. The molecule has 2 aromatic rings. The zero-order valence-corrected chi connectivity index (χ0v) is 14.5. The van der Waals surface area contributed by atoms with Crippen LogP contribution in [0.15, 0.2) is 41.0 Å². The SMILES string of the molecule is CO[C@H](c1ccc(Cl)cc1)[C@H](C)NC(=O)c1ccoc1I. The van der Waals surface area contributed by atoms with Crippen molar-refractivity contribution in [2.45, 2.75) is 19.1 Å². The summed E-state index contributed by atoms with van der Waals surface area (Å²) in [7, 11) is 1.61. The fourth-order valence-electron chi connectivity index (χ4n) is 2.10. The van der Waals surface area contributed by atoms with Gasteiger partial charge in [-0.2, -0.15) is 0 Å². The number of benzene rings is 1. The number of hydrogen-bond donors (Lipinski definition) is 1. The molecular formula is C15H15ClINO3. The molecule has 0 bridgehead atoms. The number of methoxy groups -OCH3 is 1. The van der Waals surface area contributed by atoms with Crippen LogP contribution in [0.2, 0.25) is 5.02 Å². The van der Waals surface area contributed by atoms with Crippen LogP contribution in [-0.4, -0.2) is 19.1 Å². The van der Waals surface area contributed by atoms with Gasteiger partial charge in [0, 0.05) is 34.7 Å². The number of carbonyl (C=O) groups is 1. The molecule has 2 rings (SSSR count). The molecule has 1 heterocycles. The van der Waals surface area contributed by atoms with Crippen molar-refractivity contribution in [3.05, 3.63) is 56.5 Å². The Morgan fingerprint density at radius 2 is 2.00 bits per heavy atom. The average molecular weight is 420 g/mol. The molecule has 0 saturated heterocycles. The minimum atomic E-state index is -0.254. The number of ether oxygens (including phenoxy) is 1. The topological polar surface area (TPSA) is 51.5 Å². The third-order valence-electron chi connectivity index (χ3n) is 3.13. The Labute approximate surface area is 141 Å². The van der Waals surface area contributed by atoms with E-state index in [2.05, 4.69) is 5.32 Å². The van der Waals surface area contributed by atoms with Gasteiger partial charge in [0.1, 0.15) is 6.10 Å². The quantitative estimate of drug-likeness (QED) is 0.744. The van der Waals surface area contributed by atoms with Crippen molar-refractivity contribution in [1.82, 2.24) is 5.32 Å². The molecule has 1 amide bonds. The summed E-state index contributed by atoms with van der Waals surface area (Å²) in [6, 6.07) is 8.83. The molecule has 0 aliphatic carbocycles. The van der Waals surface area contributed by atoms with E-state index in [-0.39, 0.29) is 18.1 Å². The second kappa shape index (κ2) is 7.29. The zero-order valence-electron chi connectivity index (χ0n) is 11.6. The second-order valence-corrected chi connectivity index (χ2v) is 5.99. The van der Waals surface area contributed by atoms with Crippen LogP contribution in [0, 0.1) is 3.77 Å². The standard InChI is InChI=1S/C15H15ClINO3/c1-9(18-15(19)12-7-8-21-14(12)17)13(20-2)10-3-5-11(16)6-4-10/h3-9,13H,1-2H3,(H,18,19)/t9-,13-/m0/s1. The van der Waals surface area contributed by atoms with Crippen LogP contribution in [0.4, 0.5) is 0 Å². The van der Waals surface area contributed by atoms with Gasteiger partial charge in [-0.25, -0.2) is 0 Å². The van der Waals surface area contributed by atoms with Gasteiger partial charge in [0.05, 0.1) is 17.9 Å². The van der Waals surface area contributed by atoms with Gasteiger partial charge in [0.2, 0.25) is 0 Å². The number of nitrogens with one attached hydrogen (secondary N) is 1. The lowest BCUT2D eigenvalue weighted by atomic mass is 10.0. The van der Waals surface area contributed by atoms with E-state index in [4.69, 9.17) is 20.8 Å². The fraction of sp³-hybridized carbons (Fsp3) is 0.267. The van der Waals surface area contributed by atoms with Crippen LogP contribution in [-0.2, 0) is 4.74 Å². The van der Waals surface area contributed by atoms with Crippen LogP contribution < -0.4 is 5.32 Å². The molecular weight excluding hydrogens is 405 g/mol. The Bertz CT molecular complexity index is 612. The van der Waals surface area contributed by atoms with Crippen LogP contribution >= 0.6 is 34.2 Å². The van der Waals surface area contributed by atoms with Gasteiger partial charge in [0.15, 0.2) is 3.77 Å². The highest BCUT2D eigenvalue weighted by molar-refractivity contribution is 14.1. The highest BCUT2D eigenvalue weighted by Gasteiger charge is 2.22. The molecule has 0 saturated carbocycles. The van der Waals surface area contributed by atoms with Crippen LogP contribution in [0.25, 0.3) is 0 Å². The van der Waals surface area contributed by atoms with Crippen LogP contribution in [0.3, 0.4) is 0 Å². The van der Waals surface area contributed by atoms with Crippen LogP contribution in [0.1, 0.15) is 28.9 Å². The third-order valence-corrected chi connectivity index (χ3v) is 4.22. The van der Waals surface area contributed by atoms with Gasteiger partial charge in [-0.05, 0) is 30.7 Å². The maximum Gasteiger partial charge on any atom is 0.255 e. The highest BCUT2D eigenvalue weighted by Crippen LogP contribution is 2.23. The molecule has 0 unspecified atom stereocenters. The summed E-state index contributed by atoms with van der Waals surface area (Å²) < 4.78 is 11.2. The van der Waals surface area contributed by atoms with Gasteiger partial charge < -0.3 is 14.5 Å². The highest BCUT2D eigenvalue weighted by atomic mass is 127. The Morgan fingerprint density at radius 3 is 2.52 bits per heavy atom. The molecule has 2 atom stereocenters. The van der Waals surface area contributed by atoms with Crippen molar-refractivity contribution in [1.29, 1.82) is 0 Å². The maximum atomic E-state index is 12.2. The summed E-state index contributed by atoms with van der Waals surface area (Å²) in [5, 5.41) is 3.59. The van der Waals surface area contributed by atoms with E-state index in [1.54, 1.807) is 25.3 Å². The summed E-state index contributed by atoms with van der Waals surface area (Å²) in [6.07, 6.45) is 1.24. The van der Waals surface area contributed by atoms with Crippen molar-refractivity contribution < 1.29 is 13.9 Å². The van der Waals surface area contributed by atoms with E-state index in [0.717, 1.165) is 5.56 Å². The Hall–Kier alpha value is -1.05. The lowest BCUT2D eigenvalue weighted by Gasteiger charge is -2.24. The lowest BCUT2D eigenvalue weighted by molar-refractivity contribution is 0.0644. The second-order valence-electron chi connectivity index (χ2n) is 4.58. The van der Waals surface area contributed by atoms with E-state index in [9.17, 15) is 4.79 Å². The summed E-state index contributed by atoms with van der Waals surface area (Å²) in [5.41, 5.74) is 1.48. The summed E-state index contributed by atoms with van der Waals surface area (Å²) in [6.45, 7) is 1.90. The first-order valence-corrected chi connectivity index (χ1v) is 7.80. The predicted molar refractivity (Wildman–Crippen MR) is 89.6 cm³/mol. The van der Waals surface area contributed by atoms with E-state index in [1.807, 2.05) is 41.6 Å². The Morgan fingerprint density at radius 1 is 1.33 bits per heavy atom. The van der Waals surface area contributed by atoms with Gasteiger partial charge in [0.25, 0.3) is 5.91 Å². The molecule has 0 fully saturated rings. The molecule has 0 spiro atoms. The molecule has 21 heavy (non-hydrogen) atoms. The number of hydrogen-bond acceptors (Lipinski definition) is 3. The van der Waals surface area contributed by atoms with E-state index in [1.165, 1.54) is 6.26 Å². The first kappa shape index (κ1) is 16.3. The first-order valence-electron chi connectivity index (χ1n) is 6.35. The van der Waals surface area contributed by atoms with Gasteiger partial charge in [-0.3, -0.25) is 4.79 Å². The van der Waals surface area contributed by atoms with Crippen molar-refractivity contribution in [3.63, 3.8) is 0 Å². The van der Waals surface area contributed by atoms with Gasteiger partial charge in [-0.1, -0.05) is 23.7 Å². The molecule has 6 heteroatoms. The molecule has 112 valence electrons. The zero-order chi connectivity index (χ0) is 15.4. The minimum Gasteiger partial charge on any atom is -0.458 e. The fourth-order valence-corrected chi connectivity index (χ4v) is 2.79.